The second-order valence-corrected chi connectivity index (χ2v) is 6.39. The fraction of sp³-hybridized carbons (Fsp3) is 0.350. The summed E-state index contributed by atoms with van der Waals surface area (Å²) in [5.41, 5.74) is 8.98. The molecule has 1 aliphatic heterocycles. The van der Waals surface area contributed by atoms with Gasteiger partial charge in [-0.2, -0.15) is 0 Å². The van der Waals surface area contributed by atoms with Gasteiger partial charge < -0.3 is 10.6 Å². The number of carbonyl (C=O) groups is 1. The Morgan fingerprint density at radius 2 is 1.65 bits per heavy atom. The van der Waals surface area contributed by atoms with E-state index in [4.69, 9.17) is 5.73 Å². The maximum atomic E-state index is 12.5. The topological polar surface area (TPSA) is 46.3 Å². The molecule has 0 unspecified atom stereocenters. The molecule has 1 aliphatic rings. The molecule has 0 atom stereocenters. The van der Waals surface area contributed by atoms with Crippen LogP contribution in [0.15, 0.2) is 54.6 Å². The molecular formula is C20H24N2O. The SMILES string of the molecule is Nc1ccccc1CC(=O)N1CCC(Cc2ccccc2)CC1. The molecule has 0 radical (unpaired) electrons. The van der Waals surface area contributed by atoms with Crippen molar-refractivity contribution < 1.29 is 4.79 Å². The van der Waals surface area contributed by atoms with Crippen LogP contribution in [0, 0.1) is 5.92 Å². The van der Waals surface area contributed by atoms with E-state index in [1.54, 1.807) is 0 Å². The number of anilines is 1. The summed E-state index contributed by atoms with van der Waals surface area (Å²) in [5, 5.41) is 0. The fourth-order valence-electron chi connectivity index (χ4n) is 3.30. The molecule has 0 saturated carbocycles. The number of likely N-dealkylation sites (tertiary alicyclic amines) is 1. The fourth-order valence-corrected chi connectivity index (χ4v) is 3.30. The van der Waals surface area contributed by atoms with E-state index in [9.17, 15) is 4.79 Å². The normalized spacial score (nSPS) is 15.6. The van der Waals surface area contributed by atoms with Gasteiger partial charge in [0, 0.05) is 18.8 Å². The van der Waals surface area contributed by atoms with Crippen LogP contribution in [0.3, 0.4) is 0 Å². The van der Waals surface area contributed by atoms with Crippen LogP contribution >= 0.6 is 0 Å². The Hall–Kier alpha value is -2.29. The molecule has 3 heteroatoms. The maximum Gasteiger partial charge on any atom is 0.227 e. The third-order valence-electron chi connectivity index (χ3n) is 4.73. The van der Waals surface area contributed by atoms with Crippen LogP contribution in [-0.2, 0) is 17.6 Å². The van der Waals surface area contributed by atoms with E-state index >= 15 is 0 Å². The van der Waals surface area contributed by atoms with Crippen molar-refractivity contribution in [2.24, 2.45) is 5.92 Å². The summed E-state index contributed by atoms with van der Waals surface area (Å²) in [6.07, 6.45) is 3.71. The molecule has 1 saturated heterocycles. The summed E-state index contributed by atoms with van der Waals surface area (Å²) in [5.74, 6) is 0.879. The van der Waals surface area contributed by atoms with E-state index in [1.807, 2.05) is 29.2 Å². The van der Waals surface area contributed by atoms with E-state index in [0.29, 0.717) is 18.0 Å². The molecule has 0 aromatic heterocycles. The minimum absolute atomic E-state index is 0.195. The lowest BCUT2D eigenvalue weighted by Gasteiger charge is -2.32. The highest BCUT2D eigenvalue weighted by molar-refractivity contribution is 5.80. The summed E-state index contributed by atoms with van der Waals surface area (Å²) >= 11 is 0. The number of para-hydroxylation sites is 1. The zero-order chi connectivity index (χ0) is 16.1. The number of carbonyl (C=O) groups excluding carboxylic acids is 1. The quantitative estimate of drug-likeness (QED) is 0.881. The van der Waals surface area contributed by atoms with Crippen molar-refractivity contribution in [3.8, 4) is 0 Å². The number of piperidine rings is 1. The summed E-state index contributed by atoms with van der Waals surface area (Å²) in [7, 11) is 0. The highest BCUT2D eigenvalue weighted by Crippen LogP contribution is 2.22. The van der Waals surface area contributed by atoms with E-state index < -0.39 is 0 Å². The highest BCUT2D eigenvalue weighted by atomic mass is 16.2. The van der Waals surface area contributed by atoms with Crippen LogP contribution in [0.4, 0.5) is 5.69 Å². The van der Waals surface area contributed by atoms with Crippen LogP contribution in [-0.4, -0.2) is 23.9 Å². The van der Waals surface area contributed by atoms with Gasteiger partial charge in [0.2, 0.25) is 5.91 Å². The van der Waals surface area contributed by atoms with Gasteiger partial charge in [0.1, 0.15) is 0 Å². The summed E-state index contributed by atoms with van der Waals surface area (Å²) in [6.45, 7) is 1.73. The monoisotopic (exact) mass is 308 g/mol. The largest absolute Gasteiger partial charge is 0.398 e. The smallest absolute Gasteiger partial charge is 0.227 e. The van der Waals surface area contributed by atoms with Gasteiger partial charge in [-0.25, -0.2) is 0 Å². The molecule has 3 rings (SSSR count). The van der Waals surface area contributed by atoms with Crippen molar-refractivity contribution in [1.29, 1.82) is 0 Å². The van der Waals surface area contributed by atoms with E-state index in [2.05, 4.69) is 30.3 Å². The van der Waals surface area contributed by atoms with Gasteiger partial charge in [-0.1, -0.05) is 48.5 Å². The van der Waals surface area contributed by atoms with Crippen LogP contribution in [0.25, 0.3) is 0 Å². The molecule has 2 aromatic rings. The first-order valence-electron chi connectivity index (χ1n) is 8.37. The molecule has 23 heavy (non-hydrogen) atoms. The number of nitrogens with two attached hydrogens (primary N) is 1. The van der Waals surface area contributed by atoms with Gasteiger partial charge in [-0.3, -0.25) is 4.79 Å². The van der Waals surface area contributed by atoms with Crippen LogP contribution in [0.5, 0.6) is 0 Å². The Labute approximate surface area is 138 Å². The molecule has 2 N–H and O–H groups in total. The Morgan fingerprint density at radius 1 is 1.00 bits per heavy atom. The van der Waals surface area contributed by atoms with Gasteiger partial charge in [0.05, 0.1) is 6.42 Å². The van der Waals surface area contributed by atoms with Crippen LogP contribution < -0.4 is 5.73 Å². The van der Waals surface area contributed by atoms with E-state index in [0.717, 1.165) is 37.9 Å². The first kappa shape index (κ1) is 15.6. The third kappa shape index (κ3) is 4.13. The Kier molecular flexibility index (Phi) is 4.96. The lowest BCUT2D eigenvalue weighted by atomic mass is 9.90. The highest BCUT2D eigenvalue weighted by Gasteiger charge is 2.23. The summed E-state index contributed by atoms with van der Waals surface area (Å²) < 4.78 is 0. The molecule has 0 spiro atoms. The first-order valence-corrected chi connectivity index (χ1v) is 8.37. The summed E-state index contributed by atoms with van der Waals surface area (Å²) in [4.78, 5) is 14.4. The molecule has 3 nitrogen and oxygen atoms in total. The first-order chi connectivity index (χ1) is 11.2. The van der Waals surface area contributed by atoms with Crippen molar-refractivity contribution in [2.45, 2.75) is 25.7 Å². The Bertz CT molecular complexity index is 646. The Balaban J connectivity index is 1.50. The number of hydrogen-bond donors (Lipinski definition) is 1. The predicted molar refractivity (Wildman–Crippen MR) is 94.0 cm³/mol. The van der Waals surface area contributed by atoms with E-state index in [-0.39, 0.29) is 5.91 Å². The minimum atomic E-state index is 0.195. The molecule has 1 heterocycles. The van der Waals surface area contributed by atoms with Gasteiger partial charge in [0.15, 0.2) is 0 Å². The number of benzene rings is 2. The number of nitrogens with zero attached hydrogens (tertiary/aromatic N) is 1. The molecule has 1 fully saturated rings. The minimum Gasteiger partial charge on any atom is -0.398 e. The second kappa shape index (κ2) is 7.32. The predicted octanol–water partition coefficient (Wildman–Crippen LogP) is 3.29. The van der Waals surface area contributed by atoms with E-state index in [1.165, 1.54) is 5.56 Å². The number of hydrogen-bond acceptors (Lipinski definition) is 2. The van der Waals surface area contributed by atoms with Gasteiger partial charge in [-0.15, -0.1) is 0 Å². The zero-order valence-electron chi connectivity index (χ0n) is 13.4. The maximum absolute atomic E-state index is 12.5. The van der Waals surface area contributed by atoms with Crippen molar-refractivity contribution in [2.75, 3.05) is 18.8 Å². The van der Waals surface area contributed by atoms with Gasteiger partial charge in [0.25, 0.3) is 0 Å². The number of rotatable bonds is 4. The van der Waals surface area contributed by atoms with Crippen LogP contribution in [0.2, 0.25) is 0 Å². The number of amides is 1. The third-order valence-corrected chi connectivity index (χ3v) is 4.73. The zero-order valence-corrected chi connectivity index (χ0v) is 13.4. The van der Waals surface area contributed by atoms with Crippen molar-refractivity contribution in [3.05, 3.63) is 65.7 Å². The average molecular weight is 308 g/mol. The van der Waals surface area contributed by atoms with Crippen molar-refractivity contribution in [1.82, 2.24) is 4.90 Å². The van der Waals surface area contributed by atoms with Crippen molar-refractivity contribution in [3.63, 3.8) is 0 Å². The molecule has 2 aromatic carbocycles. The molecular weight excluding hydrogens is 284 g/mol. The molecule has 0 aliphatic carbocycles. The molecule has 1 amide bonds. The van der Waals surface area contributed by atoms with Gasteiger partial charge >= 0.3 is 0 Å². The lowest BCUT2D eigenvalue weighted by Crippen LogP contribution is -2.39. The standard InChI is InChI=1S/C20H24N2O/c21-19-9-5-4-8-18(19)15-20(23)22-12-10-17(11-13-22)14-16-6-2-1-3-7-16/h1-9,17H,10-15,21H2. The average Bonchev–Trinajstić information content (AvgIpc) is 2.58. The number of nitrogen functional groups attached to an aromatic ring is 1. The van der Waals surface area contributed by atoms with Crippen LogP contribution in [0.1, 0.15) is 24.0 Å². The lowest BCUT2D eigenvalue weighted by molar-refractivity contribution is -0.131. The van der Waals surface area contributed by atoms with Gasteiger partial charge in [-0.05, 0) is 42.4 Å². The second-order valence-electron chi connectivity index (χ2n) is 6.39. The van der Waals surface area contributed by atoms with Crippen molar-refractivity contribution >= 4 is 11.6 Å². The molecule has 0 bridgehead atoms. The molecule has 120 valence electrons. The Morgan fingerprint density at radius 3 is 2.35 bits per heavy atom. The summed E-state index contributed by atoms with van der Waals surface area (Å²) in [6, 6.07) is 18.3.